The van der Waals surface area contributed by atoms with Gasteiger partial charge in [0.1, 0.15) is 11.3 Å². The van der Waals surface area contributed by atoms with E-state index in [-0.39, 0.29) is 6.61 Å². The van der Waals surface area contributed by atoms with Crippen LogP contribution in [0, 0.1) is 13.8 Å². The largest absolute Gasteiger partial charge is 0.484 e. The van der Waals surface area contributed by atoms with Crippen molar-refractivity contribution < 1.29 is 13.7 Å². The third kappa shape index (κ3) is 3.57. The molecule has 0 spiro atoms. The molecule has 4 aromatic rings. The summed E-state index contributed by atoms with van der Waals surface area (Å²) in [4.78, 5) is 15.9. The first-order valence-electron chi connectivity index (χ1n) is 8.26. The molecule has 27 heavy (non-hydrogen) atoms. The molecule has 0 unspecified atom stereocenters. The van der Waals surface area contributed by atoms with Gasteiger partial charge in [-0.1, -0.05) is 34.5 Å². The van der Waals surface area contributed by atoms with Gasteiger partial charge in [0.05, 0.1) is 5.02 Å². The molecule has 0 aliphatic carbocycles. The van der Waals surface area contributed by atoms with Crippen LogP contribution >= 0.6 is 11.6 Å². The van der Waals surface area contributed by atoms with Gasteiger partial charge in [0.2, 0.25) is 5.82 Å². The standard InChI is InChI=1S/C20H15ClN2O4/c1-11-3-5-13(6-4-11)20-22-18(23-27-20)10-25-17-9-16-14(8-15(17)21)12(2)7-19(24)26-16/h3-9H,10H2,1-2H3. The summed E-state index contributed by atoms with van der Waals surface area (Å²) >= 11 is 6.29. The molecular weight excluding hydrogens is 368 g/mol. The minimum atomic E-state index is -0.422. The van der Waals surface area contributed by atoms with Gasteiger partial charge in [0, 0.05) is 23.1 Å². The Bertz CT molecular complexity index is 1180. The smallest absolute Gasteiger partial charge is 0.336 e. The van der Waals surface area contributed by atoms with Crippen LogP contribution in [-0.4, -0.2) is 10.1 Å². The van der Waals surface area contributed by atoms with Crippen LogP contribution in [0.3, 0.4) is 0 Å². The van der Waals surface area contributed by atoms with E-state index in [0.29, 0.717) is 28.1 Å². The number of aryl methyl sites for hydroxylation is 2. The van der Waals surface area contributed by atoms with Crippen molar-refractivity contribution in [3.8, 4) is 17.2 Å². The zero-order valence-corrected chi connectivity index (χ0v) is 15.4. The summed E-state index contributed by atoms with van der Waals surface area (Å²) in [7, 11) is 0. The summed E-state index contributed by atoms with van der Waals surface area (Å²) in [5.74, 6) is 1.17. The van der Waals surface area contributed by atoms with Crippen molar-refractivity contribution in [1.29, 1.82) is 0 Å². The van der Waals surface area contributed by atoms with Crippen molar-refractivity contribution in [2.75, 3.05) is 0 Å². The van der Waals surface area contributed by atoms with Gasteiger partial charge >= 0.3 is 5.63 Å². The molecule has 2 aromatic carbocycles. The molecule has 6 nitrogen and oxygen atoms in total. The van der Waals surface area contributed by atoms with E-state index in [4.69, 9.17) is 25.3 Å². The molecule has 0 saturated carbocycles. The monoisotopic (exact) mass is 382 g/mol. The lowest BCUT2D eigenvalue weighted by Crippen LogP contribution is -2.00. The number of aromatic nitrogens is 2. The molecular formula is C20H15ClN2O4. The second-order valence-electron chi connectivity index (χ2n) is 6.20. The number of ether oxygens (including phenoxy) is 1. The highest BCUT2D eigenvalue weighted by molar-refractivity contribution is 6.32. The molecule has 0 aliphatic heterocycles. The van der Waals surface area contributed by atoms with Crippen molar-refractivity contribution in [2.24, 2.45) is 0 Å². The maximum absolute atomic E-state index is 11.6. The normalized spacial score (nSPS) is 11.1. The van der Waals surface area contributed by atoms with E-state index in [1.54, 1.807) is 12.1 Å². The van der Waals surface area contributed by atoms with Gasteiger partial charge in [-0.25, -0.2) is 4.79 Å². The predicted octanol–water partition coefficient (Wildman–Crippen LogP) is 4.69. The molecule has 2 heterocycles. The highest BCUT2D eigenvalue weighted by Crippen LogP contribution is 2.31. The minimum Gasteiger partial charge on any atom is -0.484 e. The second kappa shape index (κ2) is 6.89. The number of hydrogen-bond acceptors (Lipinski definition) is 6. The summed E-state index contributed by atoms with van der Waals surface area (Å²) in [6.07, 6.45) is 0. The lowest BCUT2D eigenvalue weighted by atomic mass is 10.1. The molecule has 0 aliphatic rings. The zero-order valence-electron chi connectivity index (χ0n) is 14.7. The quantitative estimate of drug-likeness (QED) is 0.476. The lowest BCUT2D eigenvalue weighted by Gasteiger charge is -2.08. The highest BCUT2D eigenvalue weighted by Gasteiger charge is 2.12. The number of hydrogen-bond donors (Lipinski definition) is 0. The van der Waals surface area contributed by atoms with Crippen molar-refractivity contribution in [2.45, 2.75) is 20.5 Å². The van der Waals surface area contributed by atoms with E-state index in [1.807, 2.05) is 38.1 Å². The van der Waals surface area contributed by atoms with Crippen LogP contribution in [0.2, 0.25) is 5.02 Å². The third-order valence-corrected chi connectivity index (χ3v) is 4.42. The van der Waals surface area contributed by atoms with E-state index >= 15 is 0 Å². The van der Waals surface area contributed by atoms with E-state index in [2.05, 4.69) is 10.1 Å². The minimum absolute atomic E-state index is 0.0661. The Morgan fingerprint density at radius 3 is 2.67 bits per heavy atom. The Kier molecular flexibility index (Phi) is 4.41. The number of benzene rings is 2. The van der Waals surface area contributed by atoms with E-state index in [0.717, 1.165) is 22.1 Å². The van der Waals surface area contributed by atoms with Crippen molar-refractivity contribution >= 4 is 22.6 Å². The number of halogens is 1. The zero-order chi connectivity index (χ0) is 19.0. The van der Waals surface area contributed by atoms with E-state index < -0.39 is 5.63 Å². The van der Waals surface area contributed by atoms with Gasteiger partial charge in [-0.2, -0.15) is 4.98 Å². The molecule has 0 N–H and O–H groups in total. The molecule has 0 fully saturated rings. The first-order valence-corrected chi connectivity index (χ1v) is 8.64. The van der Waals surface area contributed by atoms with Crippen molar-refractivity contribution in [3.63, 3.8) is 0 Å². The lowest BCUT2D eigenvalue weighted by molar-refractivity contribution is 0.287. The number of rotatable bonds is 4. The SMILES string of the molecule is Cc1ccc(-c2nc(COc3cc4oc(=O)cc(C)c4cc3Cl)no2)cc1. The molecule has 0 radical (unpaired) electrons. The van der Waals surface area contributed by atoms with Crippen LogP contribution < -0.4 is 10.4 Å². The molecule has 136 valence electrons. The van der Waals surface area contributed by atoms with Gasteiger partial charge in [-0.05, 0) is 37.6 Å². The van der Waals surface area contributed by atoms with Crippen molar-refractivity contribution in [3.05, 3.63) is 74.9 Å². The maximum Gasteiger partial charge on any atom is 0.336 e. The van der Waals surface area contributed by atoms with Crippen LogP contribution in [0.1, 0.15) is 17.0 Å². The fourth-order valence-electron chi connectivity index (χ4n) is 2.70. The topological polar surface area (TPSA) is 78.4 Å². The number of fused-ring (bicyclic) bond motifs is 1. The second-order valence-corrected chi connectivity index (χ2v) is 6.60. The molecule has 0 atom stereocenters. The Morgan fingerprint density at radius 1 is 1.11 bits per heavy atom. The summed E-state index contributed by atoms with van der Waals surface area (Å²) in [6, 6.07) is 12.5. The Morgan fingerprint density at radius 2 is 1.89 bits per heavy atom. The van der Waals surface area contributed by atoms with Crippen LogP contribution in [0.5, 0.6) is 5.75 Å². The van der Waals surface area contributed by atoms with Crippen LogP contribution in [-0.2, 0) is 6.61 Å². The summed E-state index contributed by atoms with van der Waals surface area (Å²) < 4.78 is 16.2. The average Bonchev–Trinajstić information content (AvgIpc) is 3.10. The molecule has 0 amide bonds. The van der Waals surface area contributed by atoms with E-state index in [9.17, 15) is 4.79 Å². The molecule has 0 saturated heterocycles. The summed E-state index contributed by atoms with van der Waals surface area (Å²) in [5, 5.41) is 5.08. The predicted molar refractivity (Wildman–Crippen MR) is 101 cm³/mol. The molecule has 2 aromatic heterocycles. The highest BCUT2D eigenvalue weighted by atomic mass is 35.5. The summed E-state index contributed by atoms with van der Waals surface area (Å²) in [5.41, 5.74) is 2.76. The van der Waals surface area contributed by atoms with Gasteiger partial charge in [-0.15, -0.1) is 0 Å². The average molecular weight is 383 g/mol. The molecule has 0 bridgehead atoms. The van der Waals surface area contributed by atoms with Gasteiger partial charge in [0.15, 0.2) is 6.61 Å². The first kappa shape index (κ1) is 17.3. The Labute approximate surface area is 159 Å². The van der Waals surface area contributed by atoms with Gasteiger partial charge in [-0.3, -0.25) is 0 Å². The third-order valence-electron chi connectivity index (χ3n) is 4.13. The van der Waals surface area contributed by atoms with Crippen LogP contribution in [0.25, 0.3) is 22.4 Å². The van der Waals surface area contributed by atoms with Crippen molar-refractivity contribution in [1.82, 2.24) is 10.1 Å². The molecule has 7 heteroatoms. The Balaban J connectivity index is 1.56. The van der Waals surface area contributed by atoms with E-state index in [1.165, 1.54) is 6.07 Å². The molecule has 4 rings (SSSR count). The first-order chi connectivity index (χ1) is 13.0. The maximum atomic E-state index is 11.6. The van der Waals surface area contributed by atoms with Gasteiger partial charge < -0.3 is 13.7 Å². The fourth-order valence-corrected chi connectivity index (χ4v) is 2.92. The number of nitrogens with zero attached hydrogens (tertiary/aromatic N) is 2. The Hall–Kier alpha value is -3.12. The van der Waals surface area contributed by atoms with Crippen LogP contribution in [0.4, 0.5) is 0 Å². The fraction of sp³-hybridized carbons (Fsp3) is 0.150. The summed E-state index contributed by atoms with van der Waals surface area (Å²) in [6.45, 7) is 3.90. The van der Waals surface area contributed by atoms with Crippen LogP contribution in [0.15, 0.2) is 56.2 Å². The van der Waals surface area contributed by atoms with Gasteiger partial charge in [0.25, 0.3) is 5.89 Å².